The van der Waals surface area contributed by atoms with Gasteiger partial charge in [-0.1, -0.05) is 0 Å². The first-order valence-electron chi connectivity index (χ1n) is 5.82. The molecule has 0 aliphatic carbocycles. The molecule has 0 saturated carbocycles. The Kier molecular flexibility index (Phi) is 2.94. The number of nitrogen functional groups attached to an aromatic ring is 1. The van der Waals surface area contributed by atoms with Crippen molar-refractivity contribution in [1.82, 2.24) is 19.5 Å². The first kappa shape index (κ1) is 13.0. The Balaban J connectivity index is 2.07. The molecule has 1 aliphatic heterocycles. The van der Waals surface area contributed by atoms with E-state index in [1.165, 1.54) is 10.9 Å². The van der Waals surface area contributed by atoms with Crippen LogP contribution < -0.4 is 5.73 Å². The summed E-state index contributed by atoms with van der Waals surface area (Å²) in [7, 11) is 0. The number of rotatable bonds is 2. The van der Waals surface area contributed by atoms with E-state index in [2.05, 4.69) is 15.0 Å². The Morgan fingerprint density at radius 3 is 2.75 bits per heavy atom. The molecule has 0 spiro atoms. The van der Waals surface area contributed by atoms with Crippen LogP contribution in [0, 0.1) is 0 Å². The molecule has 0 bridgehead atoms. The van der Waals surface area contributed by atoms with Crippen molar-refractivity contribution in [1.29, 1.82) is 0 Å². The van der Waals surface area contributed by atoms with E-state index in [9.17, 15) is 15.3 Å². The van der Waals surface area contributed by atoms with Gasteiger partial charge >= 0.3 is 5.88 Å². The Morgan fingerprint density at radius 1 is 1.35 bits per heavy atom. The Labute approximate surface area is 112 Å². The van der Waals surface area contributed by atoms with Gasteiger partial charge in [-0.05, 0) is 0 Å². The summed E-state index contributed by atoms with van der Waals surface area (Å²) >= 11 is 0. The molecule has 20 heavy (non-hydrogen) atoms. The summed E-state index contributed by atoms with van der Waals surface area (Å²) in [5.41, 5.74) is 5.49. The highest BCUT2D eigenvalue weighted by molar-refractivity contribution is 5.77. The van der Waals surface area contributed by atoms with Crippen LogP contribution in [0.2, 0.25) is 0 Å². The highest BCUT2D eigenvalue weighted by Gasteiger charge is 2.44. The lowest BCUT2D eigenvalue weighted by Crippen LogP contribution is -2.33. The number of fused-ring (bicyclic) bond motifs is 1. The number of imidazole rings is 1. The fraction of sp³-hybridized carbons (Fsp3) is 0.500. The molecule has 0 amide bonds. The lowest BCUT2D eigenvalue weighted by Gasteiger charge is -2.16. The first-order valence-corrected chi connectivity index (χ1v) is 5.82. The maximum atomic E-state index is 11.6. The summed E-state index contributed by atoms with van der Waals surface area (Å²) in [4.78, 5) is 11.2. The Morgan fingerprint density at radius 2 is 2.10 bits per heavy atom. The molecule has 1 aliphatic rings. The van der Waals surface area contributed by atoms with Crippen molar-refractivity contribution < 1.29 is 25.2 Å². The van der Waals surface area contributed by atoms with Gasteiger partial charge in [0.1, 0.15) is 18.3 Å². The third-order valence-electron chi connectivity index (χ3n) is 3.20. The second-order valence-corrected chi connectivity index (χ2v) is 4.44. The minimum atomic E-state index is -1.30. The standard InChI is InChI=1S/C10H12N5O5/c11-10-13-7-4(8(19)14-10)12-2-15(7)9-6(18)5(17)3(1-16)20-9/h2-3,5-6,9,16-18H,1H2,(H2,11,13,14)/t3-,5-,6-,9-/m1/s1. The normalized spacial score (nSPS) is 30.1. The Hall–Kier alpha value is -2.01. The molecular formula is C10H12N5O5. The molecule has 4 atom stereocenters. The van der Waals surface area contributed by atoms with Crippen LogP contribution in [0.15, 0.2) is 6.33 Å². The van der Waals surface area contributed by atoms with Crippen molar-refractivity contribution in [2.75, 3.05) is 12.3 Å². The number of anilines is 1. The van der Waals surface area contributed by atoms with Gasteiger partial charge in [-0.3, -0.25) is 9.67 Å². The average Bonchev–Trinajstić information content (AvgIpc) is 2.93. The third-order valence-corrected chi connectivity index (χ3v) is 3.20. The second kappa shape index (κ2) is 4.52. The van der Waals surface area contributed by atoms with E-state index in [4.69, 9.17) is 15.6 Å². The van der Waals surface area contributed by atoms with E-state index in [0.717, 1.165) is 0 Å². The zero-order valence-corrected chi connectivity index (χ0v) is 10.1. The van der Waals surface area contributed by atoms with Crippen molar-refractivity contribution in [3.05, 3.63) is 6.33 Å². The Bertz CT molecular complexity index is 646. The molecule has 10 nitrogen and oxygen atoms in total. The lowest BCUT2D eigenvalue weighted by atomic mass is 10.1. The number of aliphatic hydroxyl groups excluding tert-OH is 3. The van der Waals surface area contributed by atoms with Gasteiger partial charge in [0.05, 0.1) is 12.9 Å². The summed E-state index contributed by atoms with van der Waals surface area (Å²) in [6, 6.07) is 0. The van der Waals surface area contributed by atoms with Crippen LogP contribution in [0.25, 0.3) is 11.2 Å². The summed E-state index contributed by atoms with van der Waals surface area (Å²) < 4.78 is 6.61. The van der Waals surface area contributed by atoms with Gasteiger partial charge in [-0.2, -0.15) is 9.97 Å². The second-order valence-electron chi connectivity index (χ2n) is 4.44. The van der Waals surface area contributed by atoms with Crippen LogP contribution in [-0.4, -0.2) is 59.8 Å². The molecule has 10 heteroatoms. The number of hydrogen-bond acceptors (Lipinski definition) is 8. The predicted octanol–water partition coefficient (Wildman–Crippen LogP) is -1.84. The SMILES string of the molecule is Nc1nc([O])c2ncn([C@@H]3O[C@H](CO)[C@@H](O)[C@H]3O)c2n1. The topological polar surface area (TPSA) is 159 Å². The number of aliphatic hydroxyl groups is 3. The van der Waals surface area contributed by atoms with Gasteiger partial charge in [-0.15, -0.1) is 0 Å². The molecule has 0 aromatic carbocycles. The predicted molar refractivity (Wildman–Crippen MR) is 62.9 cm³/mol. The van der Waals surface area contributed by atoms with Crippen molar-refractivity contribution in [2.45, 2.75) is 24.5 Å². The van der Waals surface area contributed by atoms with Crippen molar-refractivity contribution in [2.24, 2.45) is 0 Å². The summed E-state index contributed by atoms with van der Waals surface area (Å²) in [5.74, 6) is -0.867. The van der Waals surface area contributed by atoms with E-state index in [1.54, 1.807) is 0 Å². The van der Waals surface area contributed by atoms with E-state index < -0.39 is 37.0 Å². The van der Waals surface area contributed by atoms with Crippen LogP contribution >= 0.6 is 0 Å². The third kappa shape index (κ3) is 1.78. The van der Waals surface area contributed by atoms with Crippen LogP contribution in [-0.2, 0) is 9.84 Å². The minimum Gasteiger partial charge on any atom is -0.394 e. The van der Waals surface area contributed by atoms with Crippen LogP contribution in [0.5, 0.6) is 5.88 Å². The summed E-state index contributed by atoms with van der Waals surface area (Å²) in [6.07, 6.45) is -3.27. The molecule has 5 N–H and O–H groups in total. The first-order chi connectivity index (χ1) is 9.52. The monoisotopic (exact) mass is 282 g/mol. The van der Waals surface area contributed by atoms with Gasteiger partial charge in [0, 0.05) is 0 Å². The molecule has 0 unspecified atom stereocenters. The van der Waals surface area contributed by atoms with Gasteiger partial charge in [0.2, 0.25) is 5.95 Å². The maximum absolute atomic E-state index is 11.6. The zero-order chi connectivity index (χ0) is 14.4. The van der Waals surface area contributed by atoms with E-state index in [0.29, 0.717) is 0 Å². The van der Waals surface area contributed by atoms with E-state index >= 15 is 0 Å². The minimum absolute atomic E-state index is 0.0167. The molecule has 1 saturated heterocycles. The quantitative estimate of drug-likeness (QED) is 0.500. The van der Waals surface area contributed by atoms with E-state index in [1.807, 2.05) is 0 Å². The number of hydrogen-bond donors (Lipinski definition) is 4. The lowest BCUT2D eigenvalue weighted by molar-refractivity contribution is -0.0511. The van der Waals surface area contributed by atoms with Gasteiger partial charge in [0.25, 0.3) is 0 Å². The van der Waals surface area contributed by atoms with Crippen LogP contribution in [0.3, 0.4) is 0 Å². The number of nitrogens with zero attached hydrogens (tertiary/aromatic N) is 4. The summed E-state index contributed by atoms with van der Waals surface area (Å²) in [5, 5.41) is 40.3. The van der Waals surface area contributed by atoms with Crippen molar-refractivity contribution >= 4 is 17.1 Å². The van der Waals surface area contributed by atoms with E-state index in [-0.39, 0.29) is 17.1 Å². The summed E-state index contributed by atoms with van der Waals surface area (Å²) in [6.45, 7) is -0.453. The average molecular weight is 282 g/mol. The smallest absolute Gasteiger partial charge is 0.302 e. The largest absolute Gasteiger partial charge is 0.394 e. The number of aromatic nitrogens is 4. The maximum Gasteiger partial charge on any atom is 0.302 e. The highest BCUT2D eigenvalue weighted by atomic mass is 16.6. The van der Waals surface area contributed by atoms with Gasteiger partial charge in [0.15, 0.2) is 17.4 Å². The molecular weight excluding hydrogens is 270 g/mol. The van der Waals surface area contributed by atoms with Crippen molar-refractivity contribution in [3.63, 3.8) is 0 Å². The molecule has 2 aromatic rings. The zero-order valence-electron chi connectivity index (χ0n) is 10.1. The fourth-order valence-electron chi connectivity index (χ4n) is 2.20. The molecule has 2 aromatic heterocycles. The van der Waals surface area contributed by atoms with Crippen LogP contribution in [0.1, 0.15) is 6.23 Å². The fourth-order valence-corrected chi connectivity index (χ4v) is 2.20. The van der Waals surface area contributed by atoms with Gasteiger partial charge in [-0.25, -0.2) is 4.98 Å². The van der Waals surface area contributed by atoms with Crippen molar-refractivity contribution in [3.8, 4) is 5.88 Å². The molecule has 3 heterocycles. The van der Waals surface area contributed by atoms with Gasteiger partial charge < -0.3 is 25.8 Å². The molecule has 107 valence electrons. The molecule has 1 radical (unpaired) electrons. The highest BCUT2D eigenvalue weighted by Crippen LogP contribution is 2.32. The molecule has 3 rings (SSSR count). The molecule has 1 fully saturated rings. The van der Waals surface area contributed by atoms with Crippen LogP contribution in [0.4, 0.5) is 5.95 Å². The number of ether oxygens (including phenoxy) is 1. The number of nitrogens with two attached hydrogens (primary N) is 1.